The molecule has 1 saturated carbocycles. The van der Waals surface area contributed by atoms with E-state index in [1.165, 1.54) is 0 Å². The Kier molecular flexibility index (Phi) is 2.88. The number of rotatable bonds is 1. The third-order valence-electron chi connectivity index (χ3n) is 4.04. The lowest BCUT2D eigenvalue weighted by atomic mass is 9.79. The van der Waals surface area contributed by atoms with E-state index in [1.54, 1.807) is 6.20 Å². The number of aliphatic hydroxyl groups is 1. The van der Waals surface area contributed by atoms with E-state index in [9.17, 15) is 5.11 Å². The van der Waals surface area contributed by atoms with Crippen molar-refractivity contribution in [3.8, 4) is 0 Å². The maximum Gasteiger partial charge on any atom is 0.168 e. The van der Waals surface area contributed by atoms with Crippen LogP contribution in [0.2, 0.25) is 0 Å². The predicted octanol–water partition coefficient (Wildman–Crippen LogP) is 1.89. The summed E-state index contributed by atoms with van der Waals surface area (Å²) in [5.41, 5.74) is 1.05. The minimum absolute atomic E-state index is 0.434. The summed E-state index contributed by atoms with van der Waals surface area (Å²) in [5, 5.41) is 10.7. The summed E-state index contributed by atoms with van der Waals surface area (Å²) in [6.07, 6.45) is 4.56. The summed E-state index contributed by atoms with van der Waals surface area (Å²) >= 11 is 0. The van der Waals surface area contributed by atoms with Crippen LogP contribution in [-0.4, -0.2) is 29.1 Å². The molecule has 1 spiro atoms. The van der Waals surface area contributed by atoms with E-state index in [2.05, 4.69) is 4.98 Å². The molecule has 2 heterocycles. The fourth-order valence-corrected chi connectivity index (χ4v) is 2.83. The van der Waals surface area contributed by atoms with Crippen molar-refractivity contribution in [1.29, 1.82) is 0 Å². The van der Waals surface area contributed by atoms with Gasteiger partial charge >= 0.3 is 0 Å². The average molecular weight is 249 g/mol. The van der Waals surface area contributed by atoms with Crippen LogP contribution in [0.15, 0.2) is 18.3 Å². The summed E-state index contributed by atoms with van der Waals surface area (Å²) in [7, 11) is 0. The monoisotopic (exact) mass is 249 g/mol. The third kappa shape index (κ3) is 2.05. The van der Waals surface area contributed by atoms with Gasteiger partial charge in [-0.3, -0.25) is 4.98 Å². The van der Waals surface area contributed by atoms with Crippen molar-refractivity contribution < 1.29 is 14.6 Å². The average Bonchev–Trinajstić information content (AvgIpc) is 2.83. The molecule has 1 aliphatic heterocycles. The zero-order valence-electron chi connectivity index (χ0n) is 10.7. The molecule has 98 valence electrons. The maximum absolute atomic E-state index is 10.7. The quantitative estimate of drug-likeness (QED) is 0.826. The summed E-state index contributed by atoms with van der Waals surface area (Å²) in [6.45, 7) is 3.33. The minimum atomic E-state index is -0.825. The van der Waals surface area contributed by atoms with Crippen molar-refractivity contribution in [3.05, 3.63) is 29.6 Å². The van der Waals surface area contributed by atoms with Crippen LogP contribution in [0.4, 0.5) is 0 Å². The normalized spacial score (nSPS) is 25.4. The summed E-state index contributed by atoms with van der Waals surface area (Å²) in [6, 6.07) is 3.91. The van der Waals surface area contributed by atoms with Crippen molar-refractivity contribution in [2.24, 2.45) is 0 Å². The molecule has 4 heteroatoms. The molecular weight excluding hydrogens is 230 g/mol. The molecule has 2 aliphatic rings. The second-order valence-electron chi connectivity index (χ2n) is 5.36. The largest absolute Gasteiger partial charge is 0.384 e. The fourth-order valence-electron chi connectivity index (χ4n) is 2.83. The molecule has 18 heavy (non-hydrogen) atoms. The Morgan fingerprint density at radius 1 is 1.11 bits per heavy atom. The Morgan fingerprint density at radius 2 is 1.78 bits per heavy atom. The lowest BCUT2D eigenvalue weighted by Crippen LogP contribution is -2.42. The van der Waals surface area contributed by atoms with E-state index < -0.39 is 11.4 Å². The van der Waals surface area contributed by atoms with Gasteiger partial charge in [0.15, 0.2) is 5.79 Å². The Balaban J connectivity index is 1.75. The highest BCUT2D eigenvalue weighted by molar-refractivity contribution is 5.18. The number of hydrogen-bond donors (Lipinski definition) is 1. The zero-order chi connectivity index (χ0) is 12.6. The van der Waals surface area contributed by atoms with Gasteiger partial charge in [0.05, 0.1) is 18.9 Å². The maximum atomic E-state index is 10.7. The van der Waals surface area contributed by atoms with E-state index in [-0.39, 0.29) is 0 Å². The van der Waals surface area contributed by atoms with E-state index in [0.29, 0.717) is 26.1 Å². The van der Waals surface area contributed by atoms with Gasteiger partial charge in [-0.15, -0.1) is 0 Å². The Labute approximate surface area is 107 Å². The van der Waals surface area contributed by atoms with Gasteiger partial charge < -0.3 is 14.6 Å². The molecule has 1 N–H and O–H groups in total. The number of ether oxygens (including phenoxy) is 2. The summed E-state index contributed by atoms with van der Waals surface area (Å²) < 4.78 is 11.4. The van der Waals surface area contributed by atoms with Crippen LogP contribution in [0.25, 0.3) is 0 Å². The first-order chi connectivity index (χ1) is 8.62. The molecule has 0 atom stereocenters. The zero-order valence-corrected chi connectivity index (χ0v) is 10.7. The molecule has 1 saturated heterocycles. The first-order valence-corrected chi connectivity index (χ1v) is 6.55. The van der Waals surface area contributed by atoms with Gasteiger partial charge in [0.25, 0.3) is 0 Å². The first-order valence-electron chi connectivity index (χ1n) is 6.55. The fraction of sp³-hybridized carbons (Fsp3) is 0.643. The van der Waals surface area contributed by atoms with Gasteiger partial charge in [0, 0.05) is 19.0 Å². The molecule has 0 bridgehead atoms. The predicted molar refractivity (Wildman–Crippen MR) is 66.0 cm³/mol. The van der Waals surface area contributed by atoms with Crippen molar-refractivity contribution >= 4 is 0 Å². The smallest absolute Gasteiger partial charge is 0.168 e. The van der Waals surface area contributed by atoms with Gasteiger partial charge in [0.1, 0.15) is 5.60 Å². The summed E-state index contributed by atoms with van der Waals surface area (Å²) in [5.74, 6) is -0.434. The van der Waals surface area contributed by atoms with Crippen LogP contribution < -0.4 is 0 Å². The van der Waals surface area contributed by atoms with Crippen molar-refractivity contribution in [1.82, 2.24) is 4.98 Å². The molecule has 0 amide bonds. The second kappa shape index (κ2) is 4.30. The Bertz CT molecular complexity index is 413. The van der Waals surface area contributed by atoms with Crippen LogP contribution in [0.5, 0.6) is 0 Å². The van der Waals surface area contributed by atoms with Crippen LogP contribution in [0.1, 0.15) is 36.9 Å². The highest BCUT2D eigenvalue weighted by Crippen LogP contribution is 2.44. The Morgan fingerprint density at radius 3 is 2.33 bits per heavy atom. The number of nitrogens with zero attached hydrogens (tertiary/aromatic N) is 1. The highest BCUT2D eigenvalue weighted by atomic mass is 16.7. The van der Waals surface area contributed by atoms with Gasteiger partial charge in [-0.2, -0.15) is 0 Å². The van der Waals surface area contributed by atoms with Gasteiger partial charge in [-0.25, -0.2) is 0 Å². The van der Waals surface area contributed by atoms with Crippen LogP contribution >= 0.6 is 0 Å². The summed E-state index contributed by atoms with van der Waals surface area (Å²) in [4.78, 5) is 4.36. The lowest BCUT2D eigenvalue weighted by Gasteiger charge is -2.40. The molecule has 0 unspecified atom stereocenters. The van der Waals surface area contributed by atoms with E-state index in [1.807, 2.05) is 19.1 Å². The second-order valence-corrected chi connectivity index (χ2v) is 5.36. The lowest BCUT2D eigenvalue weighted by molar-refractivity contribution is -0.204. The molecule has 4 nitrogen and oxygen atoms in total. The van der Waals surface area contributed by atoms with Gasteiger partial charge in [0.2, 0.25) is 0 Å². The van der Waals surface area contributed by atoms with E-state index >= 15 is 0 Å². The SMILES string of the molecule is Cc1ccc(C2(O)CCC3(CC2)OCCO3)nc1. The minimum Gasteiger partial charge on any atom is -0.384 e. The van der Waals surface area contributed by atoms with Crippen LogP contribution in [0, 0.1) is 6.92 Å². The van der Waals surface area contributed by atoms with Crippen LogP contribution in [0.3, 0.4) is 0 Å². The molecule has 0 aromatic carbocycles. The molecule has 0 radical (unpaired) electrons. The van der Waals surface area contributed by atoms with Crippen LogP contribution in [-0.2, 0) is 15.1 Å². The molecule has 1 aromatic heterocycles. The van der Waals surface area contributed by atoms with E-state index in [4.69, 9.17) is 9.47 Å². The van der Waals surface area contributed by atoms with Gasteiger partial charge in [-0.1, -0.05) is 6.07 Å². The molecule has 2 fully saturated rings. The van der Waals surface area contributed by atoms with Crippen molar-refractivity contribution in [2.45, 2.75) is 44.0 Å². The molecule has 1 aromatic rings. The number of pyridine rings is 1. The number of aryl methyl sites for hydroxylation is 1. The Hall–Kier alpha value is -0.970. The number of hydrogen-bond acceptors (Lipinski definition) is 4. The standard InChI is InChI=1S/C14H19NO3/c1-11-2-3-12(15-10-11)13(16)4-6-14(7-5-13)17-8-9-18-14/h2-3,10,16H,4-9H2,1H3. The molecule has 1 aliphatic carbocycles. The van der Waals surface area contributed by atoms with Crippen molar-refractivity contribution in [3.63, 3.8) is 0 Å². The van der Waals surface area contributed by atoms with Gasteiger partial charge in [-0.05, 0) is 31.4 Å². The highest BCUT2D eigenvalue weighted by Gasteiger charge is 2.46. The van der Waals surface area contributed by atoms with E-state index in [0.717, 1.165) is 24.1 Å². The molecular formula is C14H19NO3. The number of aromatic nitrogens is 1. The topological polar surface area (TPSA) is 51.6 Å². The van der Waals surface area contributed by atoms with Crippen molar-refractivity contribution in [2.75, 3.05) is 13.2 Å². The first kappa shape index (κ1) is 12.1. The third-order valence-corrected chi connectivity index (χ3v) is 4.04. The molecule has 3 rings (SSSR count).